The van der Waals surface area contributed by atoms with Gasteiger partial charge >= 0.3 is 0 Å². The van der Waals surface area contributed by atoms with Crippen LogP contribution in [0.3, 0.4) is 0 Å². The molecule has 2 nitrogen and oxygen atoms in total. The summed E-state index contributed by atoms with van der Waals surface area (Å²) in [5, 5.41) is 0. The molecule has 14 heavy (non-hydrogen) atoms. The van der Waals surface area contributed by atoms with Gasteiger partial charge in [-0.25, -0.2) is 0 Å². The zero-order chi connectivity index (χ0) is 10.0. The molecule has 1 unspecified atom stereocenters. The van der Waals surface area contributed by atoms with Crippen molar-refractivity contribution in [3.63, 3.8) is 0 Å². The summed E-state index contributed by atoms with van der Waals surface area (Å²) in [5.41, 5.74) is 0.647. The molecule has 0 radical (unpaired) electrons. The summed E-state index contributed by atoms with van der Waals surface area (Å²) in [5.74, 6) is 0. The van der Waals surface area contributed by atoms with Gasteiger partial charge in [-0.3, -0.25) is 0 Å². The highest BCUT2D eigenvalue weighted by molar-refractivity contribution is 9.10. The third-order valence-electron chi connectivity index (χ3n) is 2.70. The summed E-state index contributed by atoms with van der Waals surface area (Å²) in [6.45, 7) is 1.19. The van der Waals surface area contributed by atoms with Crippen molar-refractivity contribution in [2.75, 3.05) is 13.2 Å². The fourth-order valence-corrected chi connectivity index (χ4v) is 2.02. The van der Waals surface area contributed by atoms with Crippen molar-refractivity contribution in [3.05, 3.63) is 34.3 Å². The fourth-order valence-electron chi connectivity index (χ4n) is 1.75. The van der Waals surface area contributed by atoms with E-state index in [2.05, 4.69) is 15.9 Å². The summed E-state index contributed by atoms with van der Waals surface area (Å²) in [6.07, 6.45) is 1.81. The molecule has 0 aliphatic carbocycles. The van der Waals surface area contributed by atoms with Gasteiger partial charge in [0, 0.05) is 11.1 Å². The number of ether oxygens (including phenoxy) is 1. The van der Waals surface area contributed by atoms with Gasteiger partial charge in [0.25, 0.3) is 0 Å². The maximum Gasteiger partial charge on any atom is 0.132 e. The van der Waals surface area contributed by atoms with Crippen LogP contribution >= 0.6 is 15.9 Å². The summed E-state index contributed by atoms with van der Waals surface area (Å²) < 4.78 is 6.32. The Morgan fingerprint density at radius 2 is 2.07 bits per heavy atom. The van der Waals surface area contributed by atoms with Gasteiger partial charge in [0.2, 0.25) is 0 Å². The van der Waals surface area contributed by atoms with Crippen molar-refractivity contribution in [3.8, 4) is 0 Å². The van der Waals surface area contributed by atoms with Crippen molar-refractivity contribution in [1.29, 1.82) is 0 Å². The summed E-state index contributed by atoms with van der Waals surface area (Å²) >= 11 is 3.37. The molecule has 74 valence electrons. The number of carbonyl (C=O) groups excluding carboxylic acids is 1. The lowest BCUT2D eigenvalue weighted by Gasteiger charge is -2.20. The molecule has 0 amide bonds. The summed E-state index contributed by atoms with van der Waals surface area (Å²) in [4.78, 5) is 11.1. The van der Waals surface area contributed by atoms with Crippen LogP contribution in [0.15, 0.2) is 28.7 Å². The maximum atomic E-state index is 11.1. The third kappa shape index (κ3) is 1.62. The monoisotopic (exact) mass is 254 g/mol. The van der Waals surface area contributed by atoms with Crippen molar-refractivity contribution in [2.24, 2.45) is 0 Å². The van der Waals surface area contributed by atoms with Crippen LogP contribution in [0, 0.1) is 0 Å². The second-order valence-electron chi connectivity index (χ2n) is 3.58. The molecule has 0 aromatic heterocycles. The number of hydrogen-bond acceptors (Lipinski definition) is 2. The Labute approximate surface area is 91.4 Å². The van der Waals surface area contributed by atoms with Gasteiger partial charge in [-0.05, 0) is 24.1 Å². The largest absolute Gasteiger partial charge is 0.380 e. The van der Waals surface area contributed by atoms with Gasteiger partial charge in [-0.15, -0.1) is 0 Å². The lowest BCUT2D eigenvalue weighted by molar-refractivity contribution is -0.112. The number of hydrogen-bond donors (Lipinski definition) is 0. The summed E-state index contributed by atoms with van der Waals surface area (Å²) in [6, 6.07) is 7.87. The molecule has 0 N–H and O–H groups in total. The molecule has 1 atom stereocenters. The predicted molar refractivity (Wildman–Crippen MR) is 57.3 cm³/mol. The zero-order valence-corrected chi connectivity index (χ0v) is 9.29. The third-order valence-corrected chi connectivity index (χ3v) is 3.23. The normalized spacial score (nSPS) is 26.4. The molecular formula is C11H11BrO2. The fraction of sp³-hybridized carbons (Fsp3) is 0.364. The average molecular weight is 255 g/mol. The Morgan fingerprint density at radius 1 is 1.36 bits per heavy atom. The van der Waals surface area contributed by atoms with E-state index in [1.54, 1.807) is 0 Å². The van der Waals surface area contributed by atoms with Gasteiger partial charge in [0.15, 0.2) is 0 Å². The van der Waals surface area contributed by atoms with E-state index in [1.165, 1.54) is 0 Å². The first-order valence-electron chi connectivity index (χ1n) is 4.57. The van der Waals surface area contributed by atoms with Gasteiger partial charge in [0.05, 0.1) is 12.0 Å². The van der Waals surface area contributed by atoms with E-state index in [-0.39, 0.29) is 0 Å². The molecule has 0 saturated carbocycles. The van der Waals surface area contributed by atoms with Crippen LogP contribution in [0.25, 0.3) is 0 Å². The van der Waals surface area contributed by atoms with Crippen molar-refractivity contribution < 1.29 is 9.53 Å². The number of rotatable bonds is 2. The van der Waals surface area contributed by atoms with Gasteiger partial charge in [0.1, 0.15) is 6.29 Å². The second-order valence-corrected chi connectivity index (χ2v) is 4.50. The van der Waals surface area contributed by atoms with Crippen molar-refractivity contribution >= 4 is 22.2 Å². The Balaban J connectivity index is 2.36. The van der Waals surface area contributed by atoms with E-state index in [4.69, 9.17) is 4.74 Å². The first-order valence-corrected chi connectivity index (χ1v) is 5.36. The molecule has 3 heteroatoms. The smallest absolute Gasteiger partial charge is 0.132 e. The SMILES string of the molecule is O=CC1(c2ccc(Br)cc2)CCOC1. The Hall–Kier alpha value is -0.670. The standard InChI is InChI=1S/C11H11BrO2/c12-10-3-1-9(2-4-10)11(7-13)5-6-14-8-11/h1-4,7H,5-6,8H2. The highest BCUT2D eigenvalue weighted by atomic mass is 79.9. The maximum absolute atomic E-state index is 11.1. The van der Waals surface area contributed by atoms with E-state index in [9.17, 15) is 4.79 Å². The summed E-state index contributed by atoms with van der Waals surface area (Å²) in [7, 11) is 0. The molecule has 1 aromatic rings. The first-order chi connectivity index (χ1) is 6.77. The van der Waals surface area contributed by atoms with Crippen LogP contribution in [0.4, 0.5) is 0 Å². The number of halogens is 1. The van der Waals surface area contributed by atoms with Gasteiger partial charge < -0.3 is 9.53 Å². The number of aldehydes is 1. The second kappa shape index (κ2) is 3.83. The van der Waals surface area contributed by atoms with Crippen LogP contribution < -0.4 is 0 Å². The van der Waals surface area contributed by atoms with Crippen LogP contribution in [-0.4, -0.2) is 19.5 Å². The molecule has 1 aliphatic rings. The lowest BCUT2D eigenvalue weighted by Crippen LogP contribution is -2.28. The van der Waals surface area contributed by atoms with E-state index < -0.39 is 5.41 Å². The molecular weight excluding hydrogens is 244 g/mol. The Kier molecular flexibility index (Phi) is 2.70. The van der Waals surface area contributed by atoms with E-state index >= 15 is 0 Å². The minimum Gasteiger partial charge on any atom is -0.380 e. The molecule has 1 aromatic carbocycles. The first kappa shape index (κ1) is 9.87. The Bertz CT molecular complexity index is 326. The zero-order valence-electron chi connectivity index (χ0n) is 7.70. The minimum atomic E-state index is -0.402. The quantitative estimate of drug-likeness (QED) is 0.758. The molecule has 0 spiro atoms. The highest BCUT2D eigenvalue weighted by Gasteiger charge is 2.36. The van der Waals surface area contributed by atoms with E-state index in [1.807, 2.05) is 24.3 Å². The molecule has 1 aliphatic heterocycles. The molecule has 2 rings (SSSR count). The van der Waals surface area contributed by atoms with E-state index in [0.29, 0.717) is 13.2 Å². The minimum absolute atomic E-state index is 0.402. The molecule has 1 saturated heterocycles. The number of benzene rings is 1. The number of carbonyl (C=O) groups is 1. The van der Waals surface area contributed by atoms with Gasteiger partial charge in [-0.2, -0.15) is 0 Å². The van der Waals surface area contributed by atoms with E-state index in [0.717, 1.165) is 22.7 Å². The Morgan fingerprint density at radius 3 is 2.57 bits per heavy atom. The molecule has 1 fully saturated rings. The predicted octanol–water partition coefficient (Wildman–Crippen LogP) is 2.31. The lowest BCUT2D eigenvalue weighted by atomic mass is 9.81. The van der Waals surface area contributed by atoms with Gasteiger partial charge in [-0.1, -0.05) is 28.1 Å². The highest BCUT2D eigenvalue weighted by Crippen LogP contribution is 2.31. The topological polar surface area (TPSA) is 26.3 Å². The molecule has 1 heterocycles. The van der Waals surface area contributed by atoms with Crippen LogP contribution in [0.1, 0.15) is 12.0 Å². The van der Waals surface area contributed by atoms with Crippen LogP contribution in [0.2, 0.25) is 0 Å². The van der Waals surface area contributed by atoms with Crippen molar-refractivity contribution in [2.45, 2.75) is 11.8 Å². The van der Waals surface area contributed by atoms with Crippen LogP contribution in [0.5, 0.6) is 0 Å². The van der Waals surface area contributed by atoms with Crippen LogP contribution in [-0.2, 0) is 14.9 Å². The molecule has 0 bridgehead atoms. The average Bonchev–Trinajstić information content (AvgIpc) is 2.68. The van der Waals surface area contributed by atoms with Crippen molar-refractivity contribution in [1.82, 2.24) is 0 Å².